The van der Waals surface area contributed by atoms with E-state index in [9.17, 15) is 4.79 Å². The van der Waals surface area contributed by atoms with Crippen LogP contribution < -0.4 is 5.32 Å². The van der Waals surface area contributed by atoms with Crippen LogP contribution in [0.25, 0.3) is 16.9 Å². The number of hydrogen-bond acceptors (Lipinski definition) is 5. The fourth-order valence-electron chi connectivity index (χ4n) is 2.54. The number of H-pyrrole nitrogens is 1. The lowest BCUT2D eigenvalue weighted by Crippen LogP contribution is -2.27. The number of aromatic amines is 1. The van der Waals surface area contributed by atoms with Crippen molar-refractivity contribution in [2.45, 2.75) is 13.0 Å². The Labute approximate surface area is 143 Å². The summed E-state index contributed by atoms with van der Waals surface area (Å²) in [6.45, 7) is 1.88. The van der Waals surface area contributed by atoms with Crippen LogP contribution in [-0.4, -0.2) is 35.6 Å². The molecular formula is C17H15N7O. The van der Waals surface area contributed by atoms with Crippen LogP contribution in [0.5, 0.6) is 0 Å². The molecule has 1 amide bonds. The Hall–Kier alpha value is -3.55. The average molecular weight is 333 g/mol. The largest absolute Gasteiger partial charge is 0.342 e. The van der Waals surface area contributed by atoms with Crippen LogP contribution in [-0.2, 0) is 0 Å². The van der Waals surface area contributed by atoms with E-state index in [1.54, 1.807) is 18.3 Å². The fourth-order valence-corrected chi connectivity index (χ4v) is 2.54. The lowest BCUT2D eigenvalue weighted by Gasteiger charge is -2.12. The Morgan fingerprint density at radius 1 is 1.28 bits per heavy atom. The zero-order chi connectivity index (χ0) is 17.2. The number of hydrogen-bond donors (Lipinski definition) is 2. The molecule has 0 spiro atoms. The summed E-state index contributed by atoms with van der Waals surface area (Å²) in [7, 11) is 0. The smallest absolute Gasteiger partial charge is 0.252 e. The Kier molecular flexibility index (Phi) is 3.70. The summed E-state index contributed by atoms with van der Waals surface area (Å²) < 4.78 is 1.50. The van der Waals surface area contributed by atoms with Gasteiger partial charge in [0.25, 0.3) is 5.91 Å². The van der Waals surface area contributed by atoms with E-state index in [0.29, 0.717) is 17.2 Å². The van der Waals surface area contributed by atoms with Crippen LogP contribution in [0.4, 0.5) is 0 Å². The standard InChI is InChI=1S/C17H15N7O/c1-11(16-22-13-4-2-3-5-14(13)23-16)21-17(25)12-6-7-19-15(8-12)24-10-18-9-20-24/h2-11H,1H3,(H,21,25)(H,22,23)/t11-/m0/s1. The highest BCUT2D eigenvalue weighted by Gasteiger charge is 2.15. The van der Waals surface area contributed by atoms with Crippen molar-refractivity contribution in [1.29, 1.82) is 0 Å². The highest BCUT2D eigenvalue weighted by atomic mass is 16.1. The minimum absolute atomic E-state index is 0.211. The summed E-state index contributed by atoms with van der Waals surface area (Å²) in [4.78, 5) is 28.4. The Morgan fingerprint density at radius 3 is 2.96 bits per heavy atom. The molecule has 25 heavy (non-hydrogen) atoms. The zero-order valence-electron chi connectivity index (χ0n) is 13.4. The first-order chi connectivity index (χ1) is 12.2. The van der Waals surface area contributed by atoms with Crippen molar-refractivity contribution in [3.8, 4) is 5.82 Å². The minimum Gasteiger partial charge on any atom is -0.342 e. The number of aromatic nitrogens is 6. The van der Waals surface area contributed by atoms with Gasteiger partial charge in [0.2, 0.25) is 0 Å². The monoisotopic (exact) mass is 333 g/mol. The van der Waals surface area contributed by atoms with Gasteiger partial charge in [0.05, 0.1) is 17.1 Å². The number of amides is 1. The van der Waals surface area contributed by atoms with Gasteiger partial charge >= 0.3 is 0 Å². The molecule has 0 saturated heterocycles. The summed E-state index contributed by atoms with van der Waals surface area (Å²) in [5.74, 6) is 1.03. The van der Waals surface area contributed by atoms with Crippen molar-refractivity contribution < 1.29 is 4.79 Å². The summed E-state index contributed by atoms with van der Waals surface area (Å²) in [5, 5.41) is 6.96. The SMILES string of the molecule is C[C@H](NC(=O)c1ccnc(-n2cncn2)c1)c1nc2ccccc2[nH]1. The quantitative estimate of drug-likeness (QED) is 0.595. The highest BCUT2D eigenvalue weighted by molar-refractivity contribution is 5.94. The molecule has 0 saturated carbocycles. The molecule has 124 valence electrons. The molecule has 1 aromatic carbocycles. The number of nitrogens with one attached hydrogen (secondary N) is 2. The number of carbonyl (C=O) groups is 1. The fraction of sp³-hybridized carbons (Fsp3) is 0.118. The normalized spacial score (nSPS) is 12.2. The number of carbonyl (C=O) groups excluding carboxylic acids is 1. The van der Waals surface area contributed by atoms with Gasteiger partial charge in [0.1, 0.15) is 18.5 Å². The third-order valence-electron chi connectivity index (χ3n) is 3.83. The van der Waals surface area contributed by atoms with E-state index in [1.807, 2.05) is 31.2 Å². The minimum atomic E-state index is -0.261. The number of fused-ring (bicyclic) bond motifs is 1. The maximum absolute atomic E-state index is 12.5. The number of rotatable bonds is 4. The third kappa shape index (κ3) is 2.97. The van der Waals surface area contributed by atoms with Crippen LogP contribution >= 0.6 is 0 Å². The molecule has 3 heterocycles. The van der Waals surface area contributed by atoms with Crippen LogP contribution in [0.15, 0.2) is 55.2 Å². The zero-order valence-corrected chi connectivity index (χ0v) is 13.4. The first-order valence-corrected chi connectivity index (χ1v) is 7.77. The van der Waals surface area contributed by atoms with Crippen molar-refractivity contribution >= 4 is 16.9 Å². The Balaban J connectivity index is 1.54. The molecule has 0 aliphatic rings. The second-order valence-corrected chi connectivity index (χ2v) is 5.58. The van der Waals surface area contributed by atoms with Crippen LogP contribution in [0.2, 0.25) is 0 Å². The number of para-hydroxylation sites is 2. The summed E-state index contributed by atoms with van der Waals surface area (Å²) in [6.07, 6.45) is 4.51. The molecule has 0 bridgehead atoms. The van der Waals surface area contributed by atoms with Crippen molar-refractivity contribution in [3.63, 3.8) is 0 Å². The van der Waals surface area contributed by atoms with Gasteiger partial charge in [-0.15, -0.1) is 0 Å². The van der Waals surface area contributed by atoms with E-state index in [4.69, 9.17) is 0 Å². The van der Waals surface area contributed by atoms with E-state index in [0.717, 1.165) is 11.0 Å². The average Bonchev–Trinajstić information content (AvgIpc) is 3.31. The maximum atomic E-state index is 12.5. The van der Waals surface area contributed by atoms with E-state index in [1.165, 1.54) is 17.3 Å². The Bertz CT molecular complexity index is 989. The number of imidazole rings is 1. The molecule has 0 aliphatic carbocycles. The number of benzene rings is 1. The van der Waals surface area contributed by atoms with Gasteiger partial charge in [-0.2, -0.15) is 5.10 Å². The van der Waals surface area contributed by atoms with E-state index in [2.05, 4.69) is 30.4 Å². The molecule has 4 aromatic rings. The summed E-state index contributed by atoms with van der Waals surface area (Å²) in [6, 6.07) is 10.8. The lowest BCUT2D eigenvalue weighted by atomic mass is 10.2. The maximum Gasteiger partial charge on any atom is 0.252 e. The lowest BCUT2D eigenvalue weighted by molar-refractivity contribution is 0.0938. The van der Waals surface area contributed by atoms with Crippen molar-refractivity contribution in [1.82, 2.24) is 35.0 Å². The van der Waals surface area contributed by atoms with Crippen LogP contribution in [0, 0.1) is 0 Å². The highest BCUT2D eigenvalue weighted by Crippen LogP contribution is 2.16. The van der Waals surface area contributed by atoms with Crippen molar-refractivity contribution in [2.75, 3.05) is 0 Å². The number of pyridine rings is 1. The van der Waals surface area contributed by atoms with Gasteiger partial charge in [-0.05, 0) is 31.2 Å². The first kappa shape index (κ1) is 15.0. The van der Waals surface area contributed by atoms with Gasteiger partial charge in [-0.25, -0.2) is 19.6 Å². The van der Waals surface area contributed by atoms with Gasteiger partial charge in [0.15, 0.2) is 5.82 Å². The second-order valence-electron chi connectivity index (χ2n) is 5.58. The molecular weight excluding hydrogens is 318 g/mol. The molecule has 0 aliphatic heterocycles. The van der Waals surface area contributed by atoms with Crippen LogP contribution in [0.1, 0.15) is 29.1 Å². The van der Waals surface area contributed by atoms with E-state index < -0.39 is 0 Å². The van der Waals surface area contributed by atoms with Crippen LogP contribution in [0.3, 0.4) is 0 Å². The van der Waals surface area contributed by atoms with Gasteiger partial charge in [-0.1, -0.05) is 12.1 Å². The summed E-state index contributed by atoms with van der Waals surface area (Å²) >= 11 is 0. The van der Waals surface area contributed by atoms with Gasteiger partial charge in [-0.3, -0.25) is 4.79 Å². The van der Waals surface area contributed by atoms with Crippen molar-refractivity contribution in [3.05, 3.63) is 66.6 Å². The molecule has 0 radical (unpaired) electrons. The molecule has 1 atom stereocenters. The predicted molar refractivity (Wildman–Crippen MR) is 91.1 cm³/mol. The molecule has 0 unspecified atom stereocenters. The van der Waals surface area contributed by atoms with E-state index >= 15 is 0 Å². The second kappa shape index (κ2) is 6.16. The summed E-state index contributed by atoms with van der Waals surface area (Å²) in [5.41, 5.74) is 2.30. The first-order valence-electron chi connectivity index (χ1n) is 7.77. The van der Waals surface area contributed by atoms with Gasteiger partial charge < -0.3 is 10.3 Å². The number of nitrogens with zero attached hydrogens (tertiary/aromatic N) is 5. The molecule has 3 aromatic heterocycles. The van der Waals surface area contributed by atoms with E-state index in [-0.39, 0.29) is 11.9 Å². The third-order valence-corrected chi connectivity index (χ3v) is 3.83. The topological polar surface area (TPSA) is 101 Å². The van der Waals surface area contributed by atoms with Crippen molar-refractivity contribution in [2.24, 2.45) is 0 Å². The molecule has 8 nitrogen and oxygen atoms in total. The predicted octanol–water partition coefficient (Wildman–Crippen LogP) is 2.03. The molecule has 0 fully saturated rings. The molecule has 2 N–H and O–H groups in total. The molecule has 8 heteroatoms. The van der Waals surface area contributed by atoms with Gasteiger partial charge in [0, 0.05) is 11.8 Å². The molecule has 4 rings (SSSR count). The Morgan fingerprint density at radius 2 is 2.16 bits per heavy atom.